The molecule has 2 N–H and O–H groups in total. The number of hydrogen-bond acceptors (Lipinski definition) is 6. The van der Waals surface area contributed by atoms with E-state index in [9.17, 15) is 19.8 Å². The highest BCUT2D eigenvalue weighted by Crippen LogP contribution is 2.42. The Morgan fingerprint density at radius 2 is 2.03 bits per heavy atom. The molecule has 2 atom stereocenters. The minimum atomic E-state index is -1.40. The Bertz CT molecular complexity index is 1100. The highest BCUT2D eigenvalue weighted by atomic mass is 35.5. The third-order valence-electron chi connectivity index (χ3n) is 6.96. The molecule has 2 aliphatic rings. The number of amides is 2. The fourth-order valence-corrected chi connectivity index (χ4v) is 5.03. The number of rotatable bonds is 7. The highest BCUT2D eigenvalue weighted by Gasteiger charge is 2.43. The van der Waals surface area contributed by atoms with Crippen LogP contribution in [-0.4, -0.2) is 63.1 Å². The minimum Gasteiger partial charge on any atom is -0.394 e. The Hall–Kier alpha value is -2.59. The van der Waals surface area contributed by atoms with Gasteiger partial charge in [-0.05, 0) is 55.5 Å². The normalized spacial score (nSPS) is 20.2. The van der Waals surface area contributed by atoms with E-state index in [1.165, 1.54) is 30.2 Å². The van der Waals surface area contributed by atoms with Crippen LogP contribution in [0.2, 0.25) is 5.02 Å². The molecule has 2 aliphatic heterocycles. The Balaban J connectivity index is 1.65. The van der Waals surface area contributed by atoms with Crippen molar-refractivity contribution in [3.63, 3.8) is 0 Å². The lowest BCUT2D eigenvalue weighted by atomic mass is 9.76. The van der Waals surface area contributed by atoms with Crippen LogP contribution >= 0.6 is 11.6 Å². The maximum Gasteiger partial charge on any atom is 0.257 e. The summed E-state index contributed by atoms with van der Waals surface area (Å²) in [4.78, 5) is 32.4. The van der Waals surface area contributed by atoms with Gasteiger partial charge < -0.3 is 24.7 Å². The second-order valence-electron chi connectivity index (χ2n) is 9.19. The predicted octanol–water partition coefficient (Wildman–Crippen LogP) is 3.00. The molecule has 0 bridgehead atoms. The van der Waals surface area contributed by atoms with Gasteiger partial charge in [0.05, 0.1) is 41.6 Å². The number of aromatic nitrogens is 1. The van der Waals surface area contributed by atoms with Crippen LogP contribution in [0.5, 0.6) is 0 Å². The van der Waals surface area contributed by atoms with Crippen LogP contribution in [-0.2, 0) is 21.7 Å². The number of benzene rings is 1. The smallest absolute Gasteiger partial charge is 0.257 e. The number of halogens is 2. The Kier molecular flexibility index (Phi) is 7.42. The number of nitrogens with zero attached hydrogens (tertiary/aromatic N) is 3. The van der Waals surface area contributed by atoms with Gasteiger partial charge in [0, 0.05) is 31.8 Å². The summed E-state index contributed by atoms with van der Waals surface area (Å²) < 4.78 is 21.2. The van der Waals surface area contributed by atoms with E-state index in [2.05, 4.69) is 4.98 Å². The first-order valence-corrected chi connectivity index (χ1v) is 12.0. The molecule has 2 aromatic rings. The lowest BCUT2D eigenvalue weighted by Crippen LogP contribution is -2.43. The summed E-state index contributed by atoms with van der Waals surface area (Å²) in [5.74, 6) is -1.34. The van der Waals surface area contributed by atoms with E-state index in [0.29, 0.717) is 42.2 Å². The molecule has 35 heavy (non-hydrogen) atoms. The van der Waals surface area contributed by atoms with E-state index in [0.717, 1.165) is 0 Å². The summed E-state index contributed by atoms with van der Waals surface area (Å²) in [6, 6.07) is 6.10. The molecule has 1 fully saturated rings. The molecule has 1 aromatic carbocycles. The van der Waals surface area contributed by atoms with Crippen LogP contribution in [0, 0.1) is 11.7 Å². The van der Waals surface area contributed by atoms with E-state index in [4.69, 9.17) is 16.3 Å². The van der Waals surface area contributed by atoms with Gasteiger partial charge in [-0.25, -0.2) is 4.39 Å². The maximum absolute atomic E-state index is 15.5. The molecule has 2 amide bonds. The van der Waals surface area contributed by atoms with Crippen LogP contribution in [0.25, 0.3) is 0 Å². The van der Waals surface area contributed by atoms with Gasteiger partial charge in [0.25, 0.3) is 5.91 Å². The Labute approximate surface area is 208 Å². The van der Waals surface area contributed by atoms with Gasteiger partial charge in [-0.15, -0.1) is 0 Å². The predicted molar refractivity (Wildman–Crippen MR) is 126 cm³/mol. The SMILES string of the molecule is CC(=O)N1CCC(C(C)(O)c2cc(F)c3c(c2)C(=O)N(Cc2ccc(Cl)cn2)[C@@H]3OCCO)CC1. The zero-order valence-corrected chi connectivity index (χ0v) is 20.5. The molecular formula is C25H29ClFN3O5. The van der Waals surface area contributed by atoms with Crippen molar-refractivity contribution in [3.8, 4) is 0 Å². The second-order valence-corrected chi connectivity index (χ2v) is 9.63. The topological polar surface area (TPSA) is 103 Å². The maximum atomic E-state index is 15.5. The molecule has 0 aliphatic carbocycles. The zero-order valence-electron chi connectivity index (χ0n) is 19.7. The monoisotopic (exact) mass is 505 g/mol. The first-order valence-electron chi connectivity index (χ1n) is 11.6. The van der Waals surface area contributed by atoms with Crippen molar-refractivity contribution in [2.24, 2.45) is 5.92 Å². The van der Waals surface area contributed by atoms with Crippen LogP contribution in [0.3, 0.4) is 0 Å². The van der Waals surface area contributed by atoms with E-state index < -0.39 is 23.6 Å². The van der Waals surface area contributed by atoms with Crippen molar-refractivity contribution in [2.75, 3.05) is 26.3 Å². The van der Waals surface area contributed by atoms with Crippen molar-refractivity contribution in [2.45, 2.75) is 45.1 Å². The fourth-order valence-electron chi connectivity index (χ4n) is 4.91. The number of carbonyl (C=O) groups is 2. The number of aliphatic hydroxyl groups excluding tert-OH is 1. The number of fused-ring (bicyclic) bond motifs is 1. The van der Waals surface area contributed by atoms with Gasteiger partial charge >= 0.3 is 0 Å². The first-order chi connectivity index (χ1) is 16.6. The van der Waals surface area contributed by atoms with Crippen LogP contribution in [0.4, 0.5) is 4.39 Å². The van der Waals surface area contributed by atoms with Gasteiger partial charge in [-0.3, -0.25) is 14.6 Å². The molecule has 10 heteroatoms. The Morgan fingerprint density at radius 1 is 1.31 bits per heavy atom. The summed E-state index contributed by atoms with van der Waals surface area (Å²) in [5.41, 5.74) is -0.374. The Morgan fingerprint density at radius 3 is 2.63 bits per heavy atom. The molecule has 1 saturated heterocycles. The summed E-state index contributed by atoms with van der Waals surface area (Å²) in [6.45, 7) is 3.84. The lowest BCUT2D eigenvalue weighted by molar-refractivity contribution is -0.132. The molecule has 0 radical (unpaired) electrons. The van der Waals surface area contributed by atoms with Crippen molar-refractivity contribution in [1.29, 1.82) is 0 Å². The number of pyridine rings is 1. The first kappa shape index (κ1) is 25.5. The van der Waals surface area contributed by atoms with Crippen molar-refractivity contribution >= 4 is 23.4 Å². The van der Waals surface area contributed by atoms with Crippen LogP contribution in [0.1, 0.15) is 60.1 Å². The number of hydrogen-bond donors (Lipinski definition) is 2. The number of aliphatic hydroxyl groups is 2. The molecule has 3 heterocycles. The van der Waals surface area contributed by atoms with E-state index >= 15 is 4.39 Å². The lowest BCUT2D eigenvalue weighted by Gasteiger charge is -2.39. The number of likely N-dealkylation sites (tertiary alicyclic amines) is 1. The fraction of sp³-hybridized carbons (Fsp3) is 0.480. The summed E-state index contributed by atoms with van der Waals surface area (Å²) in [5, 5.41) is 21.1. The molecule has 188 valence electrons. The van der Waals surface area contributed by atoms with E-state index in [-0.39, 0.29) is 42.7 Å². The number of carbonyl (C=O) groups excluding carboxylic acids is 2. The van der Waals surface area contributed by atoms with Gasteiger partial charge in [-0.1, -0.05) is 11.6 Å². The standard InChI is InChI=1S/C25H29ClFN3O5/c1-15(32)29-7-5-16(6-8-29)25(2,34)17-11-20-22(21(27)12-17)24(35-10-9-31)30(23(20)33)14-19-4-3-18(26)13-28-19/h3-4,11-13,16,24,31,34H,5-10,14H2,1-2H3/t24-,25?/m1/s1. The largest absolute Gasteiger partial charge is 0.394 e. The number of piperidine rings is 1. The van der Waals surface area contributed by atoms with Gasteiger partial charge in [0.2, 0.25) is 5.91 Å². The van der Waals surface area contributed by atoms with Gasteiger partial charge in [0.15, 0.2) is 6.23 Å². The average molecular weight is 506 g/mol. The van der Waals surface area contributed by atoms with Gasteiger partial charge in [0.1, 0.15) is 5.82 Å². The van der Waals surface area contributed by atoms with Crippen LogP contribution < -0.4 is 0 Å². The molecule has 0 spiro atoms. The molecule has 8 nitrogen and oxygen atoms in total. The highest BCUT2D eigenvalue weighted by molar-refractivity contribution is 6.30. The van der Waals surface area contributed by atoms with E-state index in [1.807, 2.05) is 0 Å². The second kappa shape index (κ2) is 10.2. The zero-order chi connectivity index (χ0) is 25.3. The third-order valence-corrected chi connectivity index (χ3v) is 7.18. The molecular weight excluding hydrogens is 477 g/mol. The summed E-state index contributed by atoms with van der Waals surface area (Å²) in [6.07, 6.45) is 1.55. The van der Waals surface area contributed by atoms with Gasteiger partial charge in [-0.2, -0.15) is 0 Å². The molecule has 1 aromatic heterocycles. The van der Waals surface area contributed by atoms with Crippen molar-refractivity contribution in [1.82, 2.24) is 14.8 Å². The summed E-state index contributed by atoms with van der Waals surface area (Å²) in [7, 11) is 0. The minimum absolute atomic E-state index is 0.0125. The van der Waals surface area contributed by atoms with Crippen LogP contribution in [0.15, 0.2) is 30.5 Å². The average Bonchev–Trinajstić information content (AvgIpc) is 3.10. The van der Waals surface area contributed by atoms with Crippen molar-refractivity contribution in [3.05, 3.63) is 63.7 Å². The molecule has 4 rings (SSSR count). The summed E-state index contributed by atoms with van der Waals surface area (Å²) >= 11 is 5.91. The quantitative estimate of drug-likeness (QED) is 0.599. The van der Waals surface area contributed by atoms with Crippen molar-refractivity contribution < 1.29 is 28.9 Å². The van der Waals surface area contributed by atoms with E-state index in [1.54, 1.807) is 24.0 Å². The molecule has 1 unspecified atom stereocenters. The number of ether oxygens (including phenoxy) is 1. The molecule has 0 saturated carbocycles. The third kappa shape index (κ3) is 5.04.